The van der Waals surface area contributed by atoms with Crippen LogP contribution in [-0.2, 0) is 14.3 Å². The maximum Gasteiger partial charge on any atom is 0.264 e. The molecule has 0 aliphatic heterocycles. The van der Waals surface area contributed by atoms with E-state index in [4.69, 9.17) is 4.18 Å². The Kier molecular flexibility index (Phi) is 3.06. The molecule has 0 bridgehead atoms. The van der Waals surface area contributed by atoms with Crippen LogP contribution in [0.1, 0.15) is 25.7 Å². The summed E-state index contributed by atoms with van der Waals surface area (Å²) < 4.78 is 38.6. The maximum atomic E-state index is 12.6. The molecule has 12 heavy (non-hydrogen) atoms. The molecule has 0 aromatic carbocycles. The van der Waals surface area contributed by atoms with E-state index < -0.39 is 16.3 Å². The zero-order valence-electron chi connectivity index (χ0n) is 6.99. The van der Waals surface area contributed by atoms with E-state index in [1.165, 1.54) is 0 Å². The summed E-state index contributed by atoms with van der Waals surface area (Å²) in [5.74, 6) is 0. The minimum atomic E-state index is -3.36. The maximum absolute atomic E-state index is 12.6. The van der Waals surface area contributed by atoms with Crippen molar-refractivity contribution in [1.29, 1.82) is 0 Å². The van der Waals surface area contributed by atoms with E-state index in [2.05, 4.69) is 0 Å². The molecule has 1 saturated carbocycles. The third kappa shape index (κ3) is 3.49. The zero-order chi connectivity index (χ0) is 9.19. The van der Waals surface area contributed by atoms with Crippen molar-refractivity contribution < 1.29 is 17.0 Å². The Morgan fingerprint density at radius 3 is 2.17 bits per heavy atom. The molecule has 0 aromatic heterocycles. The normalized spacial score (nSPS) is 31.8. The topological polar surface area (TPSA) is 43.4 Å². The van der Waals surface area contributed by atoms with Gasteiger partial charge in [-0.2, -0.15) is 8.42 Å². The van der Waals surface area contributed by atoms with Gasteiger partial charge in [0.2, 0.25) is 0 Å². The summed E-state index contributed by atoms with van der Waals surface area (Å²) in [5, 5.41) is 0. The van der Waals surface area contributed by atoms with Gasteiger partial charge in [0.1, 0.15) is 6.17 Å². The summed E-state index contributed by atoms with van der Waals surface area (Å²) in [4.78, 5) is 0. The van der Waals surface area contributed by atoms with Crippen LogP contribution in [-0.4, -0.2) is 26.9 Å². The average Bonchev–Trinajstić information content (AvgIpc) is 1.91. The predicted octanol–water partition coefficient (Wildman–Crippen LogP) is 1.24. The quantitative estimate of drug-likeness (QED) is 0.624. The molecule has 72 valence electrons. The van der Waals surface area contributed by atoms with Crippen LogP contribution < -0.4 is 0 Å². The highest BCUT2D eigenvalue weighted by atomic mass is 32.2. The lowest BCUT2D eigenvalue weighted by molar-refractivity contribution is 0.120. The Morgan fingerprint density at radius 1 is 1.25 bits per heavy atom. The lowest BCUT2D eigenvalue weighted by atomic mass is 9.96. The molecule has 1 fully saturated rings. The monoisotopic (exact) mass is 196 g/mol. The van der Waals surface area contributed by atoms with E-state index in [1.54, 1.807) is 0 Å². The second-order valence-corrected chi connectivity index (χ2v) is 4.78. The molecule has 0 spiro atoms. The zero-order valence-corrected chi connectivity index (χ0v) is 7.81. The molecule has 0 unspecified atom stereocenters. The fourth-order valence-corrected chi connectivity index (χ4v) is 2.05. The summed E-state index contributed by atoms with van der Waals surface area (Å²) in [6.07, 6.45) is 1.80. The van der Waals surface area contributed by atoms with Crippen LogP contribution >= 0.6 is 0 Å². The Morgan fingerprint density at radius 2 is 1.75 bits per heavy atom. The first-order chi connectivity index (χ1) is 5.47. The number of hydrogen-bond donors (Lipinski definition) is 0. The first-order valence-corrected chi connectivity index (χ1v) is 5.81. The largest absolute Gasteiger partial charge is 0.267 e. The molecule has 1 aliphatic carbocycles. The highest BCUT2D eigenvalue weighted by molar-refractivity contribution is 7.86. The molecular weight excluding hydrogens is 183 g/mol. The van der Waals surface area contributed by atoms with Gasteiger partial charge in [-0.05, 0) is 25.7 Å². The van der Waals surface area contributed by atoms with E-state index in [9.17, 15) is 12.8 Å². The predicted molar refractivity (Wildman–Crippen MR) is 43.1 cm³/mol. The number of halogens is 1. The minimum absolute atomic E-state index is 0.299. The molecule has 1 aliphatic rings. The second-order valence-electron chi connectivity index (χ2n) is 3.17. The standard InChI is InChI=1S/C7H13FO3S/c1-12(9,10)11-7-4-2-6(8)3-5-7/h6-7H,2-5H2,1H3. The van der Waals surface area contributed by atoms with Gasteiger partial charge >= 0.3 is 0 Å². The summed E-state index contributed by atoms with van der Waals surface area (Å²) in [5.41, 5.74) is 0. The highest BCUT2D eigenvalue weighted by Crippen LogP contribution is 2.24. The molecule has 0 radical (unpaired) electrons. The van der Waals surface area contributed by atoms with Gasteiger partial charge in [-0.3, -0.25) is 4.18 Å². The van der Waals surface area contributed by atoms with E-state index in [0.717, 1.165) is 6.26 Å². The van der Waals surface area contributed by atoms with Crippen LogP contribution in [0.4, 0.5) is 4.39 Å². The second kappa shape index (κ2) is 3.70. The smallest absolute Gasteiger partial charge is 0.264 e. The first-order valence-electron chi connectivity index (χ1n) is 4.00. The van der Waals surface area contributed by atoms with Gasteiger partial charge in [-0.15, -0.1) is 0 Å². The molecule has 0 N–H and O–H groups in total. The molecule has 1 rings (SSSR count). The molecular formula is C7H13FO3S. The van der Waals surface area contributed by atoms with Gasteiger partial charge in [0.25, 0.3) is 10.1 Å². The molecule has 0 heterocycles. The molecule has 0 atom stereocenters. The lowest BCUT2D eigenvalue weighted by Crippen LogP contribution is -2.24. The minimum Gasteiger partial charge on any atom is -0.267 e. The fraction of sp³-hybridized carbons (Fsp3) is 1.00. The third-order valence-corrected chi connectivity index (χ3v) is 2.54. The van der Waals surface area contributed by atoms with Gasteiger partial charge in [-0.1, -0.05) is 0 Å². The van der Waals surface area contributed by atoms with E-state index in [-0.39, 0.29) is 6.10 Å². The van der Waals surface area contributed by atoms with Gasteiger partial charge in [0, 0.05) is 0 Å². The van der Waals surface area contributed by atoms with Crippen molar-refractivity contribution in [1.82, 2.24) is 0 Å². The number of alkyl halides is 1. The van der Waals surface area contributed by atoms with Crippen LogP contribution in [0.15, 0.2) is 0 Å². The van der Waals surface area contributed by atoms with Crippen molar-refractivity contribution in [2.75, 3.05) is 6.26 Å². The number of hydrogen-bond acceptors (Lipinski definition) is 3. The van der Waals surface area contributed by atoms with Crippen LogP contribution in [0.25, 0.3) is 0 Å². The van der Waals surface area contributed by atoms with Crippen molar-refractivity contribution in [3.8, 4) is 0 Å². The van der Waals surface area contributed by atoms with E-state index in [0.29, 0.717) is 25.7 Å². The summed E-state index contributed by atoms with van der Waals surface area (Å²) in [7, 11) is -3.36. The molecule has 0 aromatic rings. The van der Waals surface area contributed by atoms with E-state index in [1.807, 2.05) is 0 Å². The number of rotatable bonds is 2. The van der Waals surface area contributed by atoms with Crippen molar-refractivity contribution in [2.45, 2.75) is 38.0 Å². The van der Waals surface area contributed by atoms with Gasteiger partial charge in [-0.25, -0.2) is 4.39 Å². The van der Waals surface area contributed by atoms with Crippen LogP contribution in [0.3, 0.4) is 0 Å². The van der Waals surface area contributed by atoms with Gasteiger partial charge in [0.15, 0.2) is 0 Å². The molecule has 0 saturated heterocycles. The summed E-state index contributed by atoms with van der Waals surface area (Å²) >= 11 is 0. The van der Waals surface area contributed by atoms with Gasteiger partial charge < -0.3 is 0 Å². The Bertz CT molecular complexity index is 229. The fourth-order valence-electron chi connectivity index (χ4n) is 1.37. The van der Waals surface area contributed by atoms with Crippen molar-refractivity contribution in [2.24, 2.45) is 0 Å². The van der Waals surface area contributed by atoms with E-state index >= 15 is 0 Å². The average molecular weight is 196 g/mol. The van der Waals surface area contributed by atoms with Gasteiger partial charge in [0.05, 0.1) is 12.4 Å². The van der Waals surface area contributed by atoms with Crippen molar-refractivity contribution in [3.63, 3.8) is 0 Å². The van der Waals surface area contributed by atoms with Crippen LogP contribution in [0.2, 0.25) is 0 Å². The van der Waals surface area contributed by atoms with Crippen LogP contribution in [0.5, 0.6) is 0 Å². The first kappa shape index (κ1) is 9.92. The van der Waals surface area contributed by atoms with Crippen molar-refractivity contribution in [3.05, 3.63) is 0 Å². The molecule has 3 nitrogen and oxygen atoms in total. The van der Waals surface area contributed by atoms with Crippen molar-refractivity contribution >= 4 is 10.1 Å². The SMILES string of the molecule is CS(=O)(=O)OC1CCC(F)CC1. The molecule has 5 heteroatoms. The summed E-state index contributed by atoms with van der Waals surface area (Å²) in [6, 6.07) is 0. The lowest BCUT2D eigenvalue weighted by Gasteiger charge is -2.22. The summed E-state index contributed by atoms with van der Waals surface area (Å²) in [6.45, 7) is 0. The Labute approximate surface area is 72.0 Å². The Balaban J connectivity index is 2.36. The highest BCUT2D eigenvalue weighted by Gasteiger charge is 2.23. The third-order valence-electron chi connectivity index (χ3n) is 1.91. The Hall–Kier alpha value is -0.160. The van der Waals surface area contributed by atoms with Crippen LogP contribution in [0, 0.1) is 0 Å². The molecule has 0 amide bonds.